The van der Waals surface area contributed by atoms with E-state index >= 15 is 0 Å². The van der Waals surface area contributed by atoms with Gasteiger partial charge in [0.15, 0.2) is 0 Å². The number of likely N-dealkylation sites (tertiary alicyclic amines) is 1. The molecule has 0 saturated carbocycles. The van der Waals surface area contributed by atoms with Crippen LogP contribution in [0, 0.1) is 0 Å². The van der Waals surface area contributed by atoms with Crippen LogP contribution in [0.4, 0.5) is 0 Å². The lowest BCUT2D eigenvalue weighted by molar-refractivity contribution is -0.162. The summed E-state index contributed by atoms with van der Waals surface area (Å²) in [7, 11) is 0. The number of esters is 1. The maximum absolute atomic E-state index is 12.8. The Morgan fingerprint density at radius 1 is 1.38 bits per heavy atom. The van der Waals surface area contributed by atoms with Gasteiger partial charge in [-0.3, -0.25) is 4.79 Å². The lowest BCUT2D eigenvalue weighted by atomic mass is 9.86. The molecule has 1 atom stereocenters. The van der Waals surface area contributed by atoms with E-state index < -0.39 is 5.54 Å². The van der Waals surface area contributed by atoms with Gasteiger partial charge in [0, 0.05) is 22.0 Å². The van der Waals surface area contributed by atoms with E-state index in [1.807, 2.05) is 29.6 Å². The van der Waals surface area contributed by atoms with Gasteiger partial charge in [-0.1, -0.05) is 18.2 Å². The molecule has 1 aromatic heterocycles. The van der Waals surface area contributed by atoms with Crippen molar-refractivity contribution in [2.24, 2.45) is 0 Å². The van der Waals surface area contributed by atoms with Gasteiger partial charge in [0.1, 0.15) is 5.54 Å². The number of fused-ring (bicyclic) bond motifs is 1. The minimum absolute atomic E-state index is 0.0887. The van der Waals surface area contributed by atoms with E-state index in [4.69, 9.17) is 4.74 Å². The highest BCUT2D eigenvalue weighted by atomic mass is 32.1. The van der Waals surface area contributed by atoms with Gasteiger partial charge >= 0.3 is 5.97 Å². The van der Waals surface area contributed by atoms with Crippen molar-refractivity contribution in [3.8, 4) is 0 Å². The molecule has 0 radical (unpaired) electrons. The van der Waals surface area contributed by atoms with Crippen LogP contribution in [0.3, 0.4) is 0 Å². The third-order valence-corrected chi connectivity index (χ3v) is 5.05. The SMILES string of the molecule is CCOC(=O)C1(C)CCN1C(=O)c1csc2ccccc12. The first-order valence-corrected chi connectivity index (χ1v) is 7.91. The summed E-state index contributed by atoms with van der Waals surface area (Å²) in [5.74, 6) is -0.404. The van der Waals surface area contributed by atoms with Crippen LogP contribution in [0.1, 0.15) is 30.6 Å². The minimum atomic E-state index is -0.823. The van der Waals surface area contributed by atoms with Gasteiger partial charge in [0.05, 0.1) is 12.2 Å². The third-order valence-electron chi connectivity index (χ3n) is 4.09. The number of carbonyl (C=O) groups is 2. The Kier molecular flexibility index (Phi) is 3.45. The quantitative estimate of drug-likeness (QED) is 0.819. The molecule has 1 aliphatic rings. The number of thiophene rings is 1. The maximum atomic E-state index is 12.8. The van der Waals surface area contributed by atoms with Crippen molar-refractivity contribution in [3.05, 3.63) is 35.2 Å². The van der Waals surface area contributed by atoms with Crippen LogP contribution in [-0.2, 0) is 9.53 Å². The zero-order chi connectivity index (χ0) is 15.0. The summed E-state index contributed by atoms with van der Waals surface area (Å²) in [6.45, 7) is 4.48. The lowest BCUT2D eigenvalue weighted by Gasteiger charge is -2.48. The Bertz CT molecular complexity index is 708. The molecule has 0 N–H and O–H groups in total. The molecule has 0 spiro atoms. The van der Waals surface area contributed by atoms with E-state index in [1.165, 1.54) is 0 Å². The highest BCUT2D eigenvalue weighted by molar-refractivity contribution is 7.17. The van der Waals surface area contributed by atoms with Crippen LogP contribution in [0.2, 0.25) is 0 Å². The van der Waals surface area contributed by atoms with Crippen LogP contribution < -0.4 is 0 Å². The number of ether oxygens (including phenoxy) is 1. The maximum Gasteiger partial charge on any atom is 0.331 e. The van der Waals surface area contributed by atoms with E-state index in [9.17, 15) is 9.59 Å². The van der Waals surface area contributed by atoms with Crippen LogP contribution in [0.15, 0.2) is 29.6 Å². The molecule has 0 bridgehead atoms. The van der Waals surface area contributed by atoms with E-state index in [1.54, 1.807) is 30.1 Å². The lowest BCUT2D eigenvalue weighted by Crippen LogP contribution is -2.65. The summed E-state index contributed by atoms with van der Waals surface area (Å²) in [6, 6.07) is 7.82. The fourth-order valence-corrected chi connectivity index (χ4v) is 3.61. The summed E-state index contributed by atoms with van der Waals surface area (Å²) in [5.41, 5.74) is -0.151. The van der Waals surface area contributed by atoms with Gasteiger partial charge < -0.3 is 9.64 Å². The molecule has 1 fully saturated rings. The van der Waals surface area contributed by atoms with E-state index in [0.717, 1.165) is 10.1 Å². The average molecular weight is 303 g/mol. The monoisotopic (exact) mass is 303 g/mol. The summed E-state index contributed by atoms with van der Waals surface area (Å²) in [4.78, 5) is 26.5. The molecule has 110 valence electrons. The normalized spacial score (nSPS) is 21.1. The predicted octanol–water partition coefficient (Wildman–Crippen LogP) is 3.07. The van der Waals surface area contributed by atoms with Gasteiger partial charge in [0.2, 0.25) is 0 Å². The second-order valence-corrected chi connectivity index (χ2v) is 6.26. The first-order valence-electron chi connectivity index (χ1n) is 7.03. The number of rotatable bonds is 3. The van der Waals surface area contributed by atoms with Gasteiger partial charge in [-0.2, -0.15) is 0 Å². The van der Waals surface area contributed by atoms with Crippen molar-refractivity contribution in [2.75, 3.05) is 13.2 Å². The highest BCUT2D eigenvalue weighted by Crippen LogP contribution is 2.35. The minimum Gasteiger partial charge on any atom is -0.464 e. The zero-order valence-electron chi connectivity index (χ0n) is 12.1. The van der Waals surface area contributed by atoms with Crippen LogP contribution in [0.5, 0.6) is 0 Å². The van der Waals surface area contributed by atoms with Crippen LogP contribution >= 0.6 is 11.3 Å². The fraction of sp³-hybridized carbons (Fsp3) is 0.375. The fourth-order valence-electron chi connectivity index (χ4n) is 2.67. The number of hydrogen-bond donors (Lipinski definition) is 0. The van der Waals surface area contributed by atoms with E-state index in [0.29, 0.717) is 25.1 Å². The van der Waals surface area contributed by atoms with E-state index in [-0.39, 0.29) is 11.9 Å². The van der Waals surface area contributed by atoms with Gasteiger partial charge in [-0.05, 0) is 26.3 Å². The van der Waals surface area contributed by atoms with Crippen LogP contribution in [0.25, 0.3) is 10.1 Å². The molecule has 1 amide bonds. The molecule has 5 heteroatoms. The molecular weight excluding hydrogens is 286 g/mol. The molecule has 0 aliphatic carbocycles. The first-order chi connectivity index (χ1) is 10.1. The summed E-state index contributed by atoms with van der Waals surface area (Å²) >= 11 is 1.55. The van der Waals surface area contributed by atoms with Gasteiger partial charge in [0.25, 0.3) is 5.91 Å². The predicted molar refractivity (Wildman–Crippen MR) is 82.5 cm³/mol. The molecule has 4 nitrogen and oxygen atoms in total. The van der Waals surface area contributed by atoms with Crippen molar-refractivity contribution in [3.63, 3.8) is 0 Å². The molecule has 2 aromatic rings. The van der Waals surface area contributed by atoms with Crippen molar-refractivity contribution < 1.29 is 14.3 Å². The first kappa shape index (κ1) is 14.1. The molecule has 1 saturated heterocycles. The Labute approximate surface area is 127 Å². The van der Waals surface area contributed by atoms with E-state index in [2.05, 4.69) is 0 Å². The second kappa shape index (κ2) is 5.15. The third kappa shape index (κ3) is 2.12. The molecular formula is C16H17NO3S. The Morgan fingerprint density at radius 3 is 2.81 bits per heavy atom. The number of benzene rings is 1. The Hall–Kier alpha value is -1.88. The topological polar surface area (TPSA) is 46.6 Å². The molecule has 1 aliphatic heterocycles. The van der Waals surface area contributed by atoms with Crippen molar-refractivity contribution >= 4 is 33.3 Å². The average Bonchev–Trinajstić information content (AvgIpc) is 2.89. The van der Waals surface area contributed by atoms with Gasteiger partial charge in [-0.15, -0.1) is 11.3 Å². The molecule has 1 aromatic carbocycles. The standard InChI is InChI=1S/C16H17NO3S/c1-3-20-15(19)16(2)8-9-17(16)14(18)12-10-21-13-7-5-4-6-11(12)13/h4-7,10H,3,8-9H2,1-2H3. The molecule has 2 heterocycles. The van der Waals surface area contributed by atoms with Gasteiger partial charge in [-0.25, -0.2) is 4.79 Å². The Morgan fingerprint density at radius 2 is 2.14 bits per heavy atom. The zero-order valence-corrected chi connectivity index (χ0v) is 12.9. The van der Waals surface area contributed by atoms with Crippen molar-refractivity contribution in [1.29, 1.82) is 0 Å². The summed E-state index contributed by atoms with van der Waals surface area (Å²) in [6.07, 6.45) is 0.652. The number of nitrogens with zero attached hydrogens (tertiary/aromatic N) is 1. The molecule has 1 unspecified atom stereocenters. The molecule has 21 heavy (non-hydrogen) atoms. The highest BCUT2D eigenvalue weighted by Gasteiger charge is 2.51. The number of carbonyl (C=O) groups excluding carboxylic acids is 2. The number of hydrogen-bond acceptors (Lipinski definition) is 4. The Balaban J connectivity index is 1.90. The summed E-state index contributed by atoms with van der Waals surface area (Å²) < 4.78 is 6.19. The molecule has 3 rings (SSSR count). The second-order valence-electron chi connectivity index (χ2n) is 5.35. The summed E-state index contributed by atoms with van der Waals surface area (Å²) in [5, 5.41) is 2.82. The largest absolute Gasteiger partial charge is 0.464 e. The van der Waals surface area contributed by atoms with Crippen LogP contribution in [-0.4, -0.2) is 35.5 Å². The number of amides is 1. The van der Waals surface area contributed by atoms with Crippen molar-refractivity contribution in [2.45, 2.75) is 25.8 Å². The smallest absolute Gasteiger partial charge is 0.331 e. The van der Waals surface area contributed by atoms with Crippen molar-refractivity contribution in [1.82, 2.24) is 4.90 Å².